The minimum atomic E-state index is -0.336. The van der Waals surface area contributed by atoms with E-state index in [0.717, 1.165) is 27.3 Å². The Hall–Kier alpha value is -3.45. The largest absolute Gasteiger partial charge is 0.464 e. The van der Waals surface area contributed by atoms with Crippen molar-refractivity contribution in [3.8, 4) is 0 Å². The smallest absolute Gasteiger partial charge is 0.242 e. The van der Waals surface area contributed by atoms with Gasteiger partial charge in [0.15, 0.2) is 5.11 Å². The summed E-state index contributed by atoms with van der Waals surface area (Å²) in [6.07, 6.45) is 1.74. The molecule has 5 nitrogen and oxygen atoms in total. The van der Waals surface area contributed by atoms with E-state index in [1.165, 1.54) is 12.1 Å². The fourth-order valence-electron chi connectivity index (χ4n) is 3.04. The van der Waals surface area contributed by atoms with Crippen LogP contribution in [0.25, 0.3) is 21.7 Å². The normalized spacial score (nSPS) is 10.8. The molecule has 7 heteroatoms. The van der Waals surface area contributed by atoms with E-state index in [2.05, 4.69) is 16.2 Å². The van der Waals surface area contributed by atoms with Gasteiger partial charge >= 0.3 is 0 Å². The lowest BCUT2D eigenvalue weighted by molar-refractivity contribution is -0.120. The second-order valence-electron chi connectivity index (χ2n) is 6.23. The first kappa shape index (κ1) is 17.9. The number of carbonyl (C=O) groups is 1. The molecule has 0 aliphatic rings. The number of hydrazine groups is 1. The zero-order chi connectivity index (χ0) is 19.5. The molecule has 0 atom stereocenters. The van der Waals surface area contributed by atoms with Crippen LogP contribution in [0.1, 0.15) is 5.56 Å². The van der Waals surface area contributed by atoms with Crippen molar-refractivity contribution in [1.82, 2.24) is 10.9 Å². The van der Waals surface area contributed by atoms with E-state index < -0.39 is 0 Å². The van der Waals surface area contributed by atoms with E-state index in [4.69, 9.17) is 16.6 Å². The number of benzene rings is 3. The van der Waals surface area contributed by atoms with Crippen molar-refractivity contribution in [1.29, 1.82) is 0 Å². The van der Waals surface area contributed by atoms with Gasteiger partial charge in [-0.25, -0.2) is 4.39 Å². The minimum Gasteiger partial charge on any atom is -0.464 e. The molecule has 0 unspecified atom stereocenters. The fourth-order valence-corrected chi connectivity index (χ4v) is 3.21. The first-order valence-electron chi connectivity index (χ1n) is 8.59. The van der Waals surface area contributed by atoms with Crippen molar-refractivity contribution in [3.63, 3.8) is 0 Å². The van der Waals surface area contributed by atoms with Gasteiger partial charge in [0.2, 0.25) is 5.91 Å². The van der Waals surface area contributed by atoms with E-state index in [1.54, 1.807) is 18.4 Å². The lowest BCUT2D eigenvalue weighted by Crippen LogP contribution is -2.44. The molecule has 0 fully saturated rings. The number of fused-ring (bicyclic) bond motifs is 3. The van der Waals surface area contributed by atoms with Gasteiger partial charge < -0.3 is 9.73 Å². The average Bonchev–Trinajstić information content (AvgIpc) is 3.11. The zero-order valence-corrected chi connectivity index (χ0v) is 15.5. The quantitative estimate of drug-likeness (QED) is 0.358. The van der Waals surface area contributed by atoms with Gasteiger partial charge in [-0.2, -0.15) is 0 Å². The van der Waals surface area contributed by atoms with Crippen LogP contribution in [0.3, 0.4) is 0 Å². The van der Waals surface area contributed by atoms with Gasteiger partial charge in [0.25, 0.3) is 0 Å². The van der Waals surface area contributed by atoms with E-state index in [9.17, 15) is 9.18 Å². The number of carbonyl (C=O) groups excluding carboxylic acids is 1. The number of rotatable bonds is 3. The Balaban J connectivity index is 1.42. The third kappa shape index (κ3) is 3.79. The number of furan rings is 1. The molecule has 0 bridgehead atoms. The molecule has 1 heterocycles. The molecular formula is C21H16FN3O2S. The van der Waals surface area contributed by atoms with E-state index in [1.807, 2.05) is 36.4 Å². The van der Waals surface area contributed by atoms with Crippen molar-refractivity contribution >= 4 is 50.7 Å². The Bertz CT molecular complexity index is 1170. The summed E-state index contributed by atoms with van der Waals surface area (Å²) in [4.78, 5) is 12.3. The molecule has 1 aromatic heterocycles. The summed E-state index contributed by atoms with van der Waals surface area (Å²) < 4.78 is 18.5. The molecule has 3 N–H and O–H groups in total. The van der Waals surface area contributed by atoms with Crippen molar-refractivity contribution in [2.75, 3.05) is 5.32 Å². The third-order valence-electron chi connectivity index (χ3n) is 4.31. The number of anilines is 1. The topological polar surface area (TPSA) is 66.3 Å². The van der Waals surface area contributed by atoms with Gasteiger partial charge in [-0.1, -0.05) is 30.3 Å². The zero-order valence-electron chi connectivity index (χ0n) is 14.7. The third-order valence-corrected chi connectivity index (χ3v) is 4.51. The molecule has 140 valence electrons. The monoisotopic (exact) mass is 393 g/mol. The predicted octanol–water partition coefficient (Wildman–Crippen LogP) is 4.29. The maximum absolute atomic E-state index is 12.9. The molecular weight excluding hydrogens is 377 g/mol. The molecule has 28 heavy (non-hydrogen) atoms. The summed E-state index contributed by atoms with van der Waals surface area (Å²) in [5, 5.41) is 6.11. The maximum Gasteiger partial charge on any atom is 0.242 e. The van der Waals surface area contributed by atoms with Crippen LogP contribution in [0.2, 0.25) is 0 Å². The Labute approximate surface area is 165 Å². The molecule has 4 aromatic rings. The minimum absolute atomic E-state index is 0.132. The molecule has 1 amide bonds. The van der Waals surface area contributed by atoms with Crippen LogP contribution >= 0.6 is 12.2 Å². The summed E-state index contributed by atoms with van der Waals surface area (Å²) in [6.45, 7) is 0. The highest BCUT2D eigenvalue weighted by molar-refractivity contribution is 7.80. The molecule has 0 saturated carbocycles. The summed E-state index contributed by atoms with van der Waals surface area (Å²) in [5.74, 6) is -0.600. The first-order chi connectivity index (χ1) is 13.6. The predicted molar refractivity (Wildman–Crippen MR) is 111 cm³/mol. The van der Waals surface area contributed by atoms with Crippen molar-refractivity contribution in [2.24, 2.45) is 0 Å². The first-order valence-corrected chi connectivity index (χ1v) is 9.00. The second kappa shape index (κ2) is 7.66. The lowest BCUT2D eigenvalue weighted by Gasteiger charge is -2.11. The van der Waals surface area contributed by atoms with Crippen molar-refractivity contribution < 1.29 is 13.6 Å². The lowest BCUT2D eigenvalue weighted by atomic mass is 10.0. The summed E-state index contributed by atoms with van der Waals surface area (Å²) in [7, 11) is 0. The molecule has 3 aromatic carbocycles. The average molecular weight is 393 g/mol. The SMILES string of the molecule is O=C(Cc1coc2ccc3ccccc3c12)NNC(=S)Nc1ccc(F)cc1. The number of thiocarbonyl (C=S) groups is 1. The molecule has 4 rings (SSSR count). The van der Waals surface area contributed by atoms with E-state index in [-0.39, 0.29) is 23.3 Å². The molecule has 0 aliphatic carbocycles. The van der Waals surface area contributed by atoms with E-state index >= 15 is 0 Å². The Kier molecular flexibility index (Phi) is 4.90. The van der Waals surface area contributed by atoms with Crippen LogP contribution in [-0.2, 0) is 11.2 Å². The molecule has 0 spiro atoms. The second-order valence-corrected chi connectivity index (χ2v) is 6.64. The number of hydrogen-bond donors (Lipinski definition) is 3. The van der Waals surface area contributed by atoms with Crippen LogP contribution in [0, 0.1) is 5.82 Å². The molecule has 0 aliphatic heterocycles. The van der Waals surface area contributed by atoms with Crippen molar-refractivity contribution in [2.45, 2.75) is 6.42 Å². The summed E-state index contributed by atoms with van der Waals surface area (Å²) in [6, 6.07) is 17.6. The van der Waals surface area contributed by atoms with Crippen LogP contribution < -0.4 is 16.2 Å². The highest BCUT2D eigenvalue weighted by atomic mass is 32.1. The number of nitrogens with one attached hydrogen (secondary N) is 3. The van der Waals surface area contributed by atoms with Crippen LogP contribution in [0.15, 0.2) is 71.3 Å². The van der Waals surface area contributed by atoms with Gasteiger partial charge in [-0.05, 0) is 53.3 Å². The van der Waals surface area contributed by atoms with Gasteiger partial charge in [-0.3, -0.25) is 15.6 Å². The standard InChI is InChI=1S/C21H16FN3O2S/c22-15-6-8-16(9-7-15)23-21(28)25-24-19(26)11-14-12-27-18-10-5-13-3-1-2-4-17(13)20(14)18/h1-10,12H,11H2,(H,24,26)(H2,23,25,28). The Morgan fingerprint density at radius 2 is 1.79 bits per heavy atom. The van der Waals surface area contributed by atoms with Gasteiger partial charge in [0.05, 0.1) is 12.7 Å². The van der Waals surface area contributed by atoms with Gasteiger partial charge in [-0.15, -0.1) is 0 Å². The van der Waals surface area contributed by atoms with Gasteiger partial charge in [0, 0.05) is 16.6 Å². The van der Waals surface area contributed by atoms with Gasteiger partial charge in [0.1, 0.15) is 11.4 Å². The number of amides is 1. The number of halogens is 1. The van der Waals surface area contributed by atoms with Crippen LogP contribution in [0.4, 0.5) is 10.1 Å². The number of hydrogen-bond acceptors (Lipinski definition) is 3. The van der Waals surface area contributed by atoms with Crippen LogP contribution in [0.5, 0.6) is 0 Å². The fraction of sp³-hybridized carbons (Fsp3) is 0.0476. The molecule has 0 radical (unpaired) electrons. The summed E-state index contributed by atoms with van der Waals surface area (Å²) >= 11 is 5.13. The van der Waals surface area contributed by atoms with Crippen LogP contribution in [-0.4, -0.2) is 11.0 Å². The highest BCUT2D eigenvalue weighted by Gasteiger charge is 2.13. The molecule has 0 saturated heterocycles. The summed E-state index contributed by atoms with van der Waals surface area (Å²) in [5.41, 5.74) is 7.34. The van der Waals surface area contributed by atoms with Crippen molar-refractivity contribution in [3.05, 3.63) is 78.3 Å². The maximum atomic E-state index is 12.9. The van der Waals surface area contributed by atoms with E-state index in [0.29, 0.717) is 5.69 Å². The Morgan fingerprint density at radius 1 is 1.00 bits per heavy atom. The highest BCUT2D eigenvalue weighted by Crippen LogP contribution is 2.30. The Morgan fingerprint density at radius 3 is 2.61 bits per heavy atom.